The molecule has 4 aromatic rings. The topological polar surface area (TPSA) is 121 Å². The van der Waals surface area contributed by atoms with Crippen molar-refractivity contribution in [3.8, 4) is 16.9 Å². The van der Waals surface area contributed by atoms with Gasteiger partial charge in [0.15, 0.2) is 0 Å². The van der Waals surface area contributed by atoms with Gasteiger partial charge in [0.2, 0.25) is 0 Å². The summed E-state index contributed by atoms with van der Waals surface area (Å²) in [5.41, 5.74) is 6.13. The highest BCUT2D eigenvalue weighted by atomic mass is 16.6. The van der Waals surface area contributed by atoms with Crippen LogP contribution in [0.3, 0.4) is 0 Å². The summed E-state index contributed by atoms with van der Waals surface area (Å²) in [6, 6.07) is 15.4. The maximum absolute atomic E-state index is 13.1. The summed E-state index contributed by atoms with van der Waals surface area (Å²) < 4.78 is 11.2. The molecule has 0 saturated carbocycles. The van der Waals surface area contributed by atoms with Gasteiger partial charge in [-0.25, -0.2) is 19.6 Å². The molecule has 2 aromatic carbocycles. The number of nitrogens with one attached hydrogen (secondary N) is 3. The van der Waals surface area contributed by atoms with E-state index in [0.717, 1.165) is 50.4 Å². The zero-order valence-corrected chi connectivity index (χ0v) is 25.1. The third kappa shape index (κ3) is 7.71. The first-order valence-corrected chi connectivity index (χ1v) is 14.5. The molecule has 1 aliphatic heterocycles. The second-order valence-electron chi connectivity index (χ2n) is 11.5. The molecular formula is C33H38N6O4. The first-order chi connectivity index (χ1) is 20.7. The van der Waals surface area contributed by atoms with Crippen LogP contribution in [-0.4, -0.2) is 63.8 Å². The predicted molar refractivity (Wildman–Crippen MR) is 168 cm³/mol. The number of rotatable bonds is 8. The zero-order chi connectivity index (χ0) is 30.4. The maximum Gasteiger partial charge on any atom is 0.407 e. The number of anilines is 1. The Morgan fingerprint density at radius 3 is 2.63 bits per heavy atom. The predicted octanol–water partition coefficient (Wildman–Crippen LogP) is 6.55. The van der Waals surface area contributed by atoms with Crippen LogP contribution in [-0.2, 0) is 4.74 Å². The fraction of sp³-hybridized carbons (Fsp3) is 0.333. The highest BCUT2D eigenvalue weighted by Crippen LogP contribution is 2.29. The van der Waals surface area contributed by atoms with Gasteiger partial charge in [0, 0.05) is 36.9 Å². The van der Waals surface area contributed by atoms with Gasteiger partial charge in [-0.1, -0.05) is 30.3 Å². The second-order valence-corrected chi connectivity index (χ2v) is 11.5. The molecule has 10 heteroatoms. The summed E-state index contributed by atoms with van der Waals surface area (Å²) in [7, 11) is 0. The van der Waals surface area contributed by atoms with E-state index >= 15 is 0 Å². The lowest BCUT2D eigenvalue weighted by Crippen LogP contribution is -2.38. The number of fused-ring (bicyclic) bond motifs is 1. The molecule has 1 aliphatic rings. The normalized spacial score (nSPS) is 13.4. The van der Waals surface area contributed by atoms with E-state index < -0.39 is 11.7 Å². The molecule has 3 amide bonds. The Kier molecular flexibility index (Phi) is 8.94. The lowest BCUT2D eigenvalue weighted by molar-refractivity contribution is 0.0525. The van der Waals surface area contributed by atoms with E-state index in [4.69, 9.17) is 9.47 Å². The number of aryl methyl sites for hydroxylation is 1. The van der Waals surface area contributed by atoms with E-state index in [9.17, 15) is 9.59 Å². The van der Waals surface area contributed by atoms with Gasteiger partial charge in [0.05, 0.1) is 12.3 Å². The molecule has 5 rings (SSSR count). The van der Waals surface area contributed by atoms with Crippen molar-refractivity contribution in [3.63, 3.8) is 0 Å². The lowest BCUT2D eigenvalue weighted by Gasteiger charge is -2.27. The quantitative estimate of drug-likeness (QED) is 0.203. The average molecular weight is 583 g/mol. The molecule has 0 radical (unpaired) electrons. The third-order valence-electron chi connectivity index (χ3n) is 7.01. The van der Waals surface area contributed by atoms with Crippen LogP contribution in [0.2, 0.25) is 0 Å². The van der Waals surface area contributed by atoms with Crippen molar-refractivity contribution in [2.45, 2.75) is 46.1 Å². The fourth-order valence-corrected chi connectivity index (χ4v) is 4.94. The Hall–Kier alpha value is -4.86. The number of alkyl carbamates (subject to hydrolysis) is 1. The van der Waals surface area contributed by atoms with Gasteiger partial charge in [-0.15, -0.1) is 0 Å². The Labute approximate surface area is 251 Å². The number of aromatic amines is 1. The molecule has 2 aromatic heterocycles. The molecule has 0 spiro atoms. The molecule has 0 saturated heterocycles. The number of hydrogen-bond acceptors (Lipinski definition) is 6. The molecular weight excluding hydrogens is 544 g/mol. The third-order valence-corrected chi connectivity index (χ3v) is 7.01. The number of carbonyl (C=O) groups excluding carboxylic acids is 2. The van der Waals surface area contributed by atoms with E-state index in [1.807, 2.05) is 82.4 Å². The van der Waals surface area contributed by atoms with Crippen LogP contribution in [0.5, 0.6) is 5.75 Å². The minimum absolute atomic E-state index is 0.143. The number of urea groups is 1. The molecule has 0 aliphatic carbocycles. The van der Waals surface area contributed by atoms with Gasteiger partial charge in [-0.05, 0) is 87.1 Å². The van der Waals surface area contributed by atoms with Gasteiger partial charge in [0.25, 0.3) is 0 Å². The van der Waals surface area contributed by atoms with Crippen LogP contribution in [0.4, 0.5) is 15.3 Å². The van der Waals surface area contributed by atoms with Crippen LogP contribution in [0, 0.1) is 6.92 Å². The molecule has 43 heavy (non-hydrogen) atoms. The van der Waals surface area contributed by atoms with Crippen molar-refractivity contribution in [2.24, 2.45) is 0 Å². The molecule has 3 heterocycles. The van der Waals surface area contributed by atoms with Gasteiger partial charge in [-0.2, -0.15) is 0 Å². The van der Waals surface area contributed by atoms with E-state index in [2.05, 4.69) is 31.7 Å². The Morgan fingerprint density at radius 1 is 1.07 bits per heavy atom. The standard InChI is InChI=1S/C33H38N6O4/c1-22-20-35-30-28(22)29(36-21-37-30)23-12-15-39(16-13-23)31(40)38-26-10-5-8-24(18-26)25-9-6-11-27(19-25)42-17-7-14-34-32(41)43-33(2,3)4/h5-6,8-12,18-21H,7,13-17H2,1-4H3,(H,34,41)(H,38,40)(H,35,36,37). The SMILES string of the molecule is Cc1c[nH]c2ncnc(C3=CCN(C(=O)Nc4cccc(-c5cccc(OCCCNC(=O)OC(C)(C)C)c5)c4)CC3)c12. The van der Waals surface area contributed by atoms with Crippen molar-refractivity contribution < 1.29 is 19.1 Å². The second kappa shape index (κ2) is 13.0. The van der Waals surface area contributed by atoms with E-state index in [0.29, 0.717) is 39.1 Å². The van der Waals surface area contributed by atoms with Crippen molar-refractivity contribution in [1.82, 2.24) is 25.2 Å². The highest BCUT2D eigenvalue weighted by molar-refractivity contribution is 5.93. The summed E-state index contributed by atoms with van der Waals surface area (Å²) >= 11 is 0. The number of carbonyl (C=O) groups is 2. The summed E-state index contributed by atoms with van der Waals surface area (Å²) in [5, 5.41) is 6.82. The number of ether oxygens (including phenoxy) is 2. The van der Waals surface area contributed by atoms with E-state index in [1.54, 1.807) is 11.2 Å². The number of H-pyrrole nitrogens is 1. The first-order valence-electron chi connectivity index (χ1n) is 14.5. The molecule has 3 N–H and O–H groups in total. The van der Waals surface area contributed by atoms with Crippen molar-refractivity contribution in [1.29, 1.82) is 0 Å². The monoisotopic (exact) mass is 582 g/mol. The Morgan fingerprint density at radius 2 is 1.86 bits per heavy atom. The molecule has 0 atom stereocenters. The molecule has 224 valence electrons. The molecule has 0 unspecified atom stereocenters. The van der Waals surface area contributed by atoms with Gasteiger partial charge in [0.1, 0.15) is 23.3 Å². The molecule has 0 bridgehead atoms. The summed E-state index contributed by atoms with van der Waals surface area (Å²) in [6.45, 7) is 9.55. The minimum Gasteiger partial charge on any atom is -0.494 e. The van der Waals surface area contributed by atoms with E-state index in [1.165, 1.54) is 0 Å². The van der Waals surface area contributed by atoms with Crippen LogP contribution in [0.25, 0.3) is 27.7 Å². The smallest absolute Gasteiger partial charge is 0.407 e. The van der Waals surface area contributed by atoms with Crippen LogP contribution in [0.1, 0.15) is 44.9 Å². The van der Waals surface area contributed by atoms with Crippen molar-refractivity contribution in [2.75, 3.05) is 31.6 Å². The zero-order valence-electron chi connectivity index (χ0n) is 25.1. The fourth-order valence-electron chi connectivity index (χ4n) is 4.94. The first kappa shape index (κ1) is 29.6. The van der Waals surface area contributed by atoms with Crippen LogP contribution < -0.4 is 15.4 Å². The van der Waals surface area contributed by atoms with E-state index in [-0.39, 0.29) is 6.03 Å². The van der Waals surface area contributed by atoms with Crippen molar-refractivity contribution >= 4 is 34.4 Å². The van der Waals surface area contributed by atoms with Crippen LogP contribution in [0.15, 0.2) is 67.1 Å². The number of benzene rings is 2. The summed E-state index contributed by atoms with van der Waals surface area (Å²) in [6.07, 6.45) is 6.53. The van der Waals surface area contributed by atoms with Gasteiger partial charge >= 0.3 is 12.1 Å². The summed E-state index contributed by atoms with van der Waals surface area (Å²) in [5.74, 6) is 0.732. The van der Waals surface area contributed by atoms with Gasteiger partial charge < -0.3 is 30.0 Å². The molecule has 0 fully saturated rings. The van der Waals surface area contributed by atoms with Gasteiger partial charge in [-0.3, -0.25) is 0 Å². The minimum atomic E-state index is -0.523. The Balaban J connectivity index is 1.15. The molecule has 10 nitrogen and oxygen atoms in total. The Bertz CT molecular complexity index is 1640. The summed E-state index contributed by atoms with van der Waals surface area (Å²) in [4.78, 5) is 38.7. The number of hydrogen-bond donors (Lipinski definition) is 3. The largest absolute Gasteiger partial charge is 0.494 e. The lowest BCUT2D eigenvalue weighted by atomic mass is 10.0. The average Bonchev–Trinajstić information content (AvgIpc) is 3.37. The van der Waals surface area contributed by atoms with Crippen LogP contribution >= 0.6 is 0 Å². The van der Waals surface area contributed by atoms with Crippen molar-refractivity contribution in [3.05, 3.63) is 78.4 Å². The number of aromatic nitrogens is 3. The highest BCUT2D eigenvalue weighted by Gasteiger charge is 2.21. The number of nitrogens with zero attached hydrogens (tertiary/aromatic N) is 3. The maximum atomic E-state index is 13.1. The number of amides is 3.